The van der Waals surface area contributed by atoms with Gasteiger partial charge in [-0.05, 0) is 5.92 Å². The van der Waals surface area contributed by atoms with Crippen LogP contribution in [0.4, 0.5) is 0 Å². The zero-order valence-corrected chi connectivity index (χ0v) is 17.7. The fourth-order valence-electron chi connectivity index (χ4n) is 2.65. The van der Waals surface area contributed by atoms with Gasteiger partial charge in [0.05, 0.1) is 25.4 Å². The van der Waals surface area contributed by atoms with Gasteiger partial charge in [0.1, 0.15) is 18.1 Å². The molecule has 0 aliphatic carbocycles. The summed E-state index contributed by atoms with van der Waals surface area (Å²) in [6.45, 7) is 2.38. The zero-order valence-electron chi connectivity index (χ0n) is 17.7. The van der Waals surface area contributed by atoms with Crippen LogP contribution >= 0.6 is 0 Å². The van der Waals surface area contributed by atoms with Crippen molar-refractivity contribution >= 4 is 29.6 Å². The van der Waals surface area contributed by atoms with Crippen molar-refractivity contribution in [3.05, 3.63) is 18.2 Å². The van der Waals surface area contributed by atoms with Crippen LogP contribution in [0.5, 0.6) is 0 Å². The van der Waals surface area contributed by atoms with E-state index in [0.717, 1.165) is 0 Å². The third-order valence-electron chi connectivity index (χ3n) is 4.42. The minimum absolute atomic E-state index is 0.0741. The van der Waals surface area contributed by atoms with Crippen LogP contribution in [-0.2, 0) is 30.4 Å². The first-order valence-electron chi connectivity index (χ1n) is 9.72. The highest BCUT2D eigenvalue weighted by Gasteiger charge is 2.31. The summed E-state index contributed by atoms with van der Waals surface area (Å²) in [4.78, 5) is 66.3. The minimum atomic E-state index is -1.49. The lowest BCUT2D eigenvalue weighted by Crippen LogP contribution is -2.59. The van der Waals surface area contributed by atoms with E-state index in [0.29, 0.717) is 5.69 Å². The number of aromatic amines is 1. The number of imidazole rings is 1. The first-order chi connectivity index (χ1) is 15.0. The first kappa shape index (κ1) is 26.5. The number of nitrogens with two attached hydrogens (primary N) is 2. The number of carbonyl (C=O) groups excluding carboxylic acids is 4. The maximum absolute atomic E-state index is 12.7. The quantitative estimate of drug-likeness (QED) is 0.146. The SMILES string of the molecule is CC(C)C(NC(=O)C(Cc1cnc[nH]1)NC(=O)C(CO)NC(=O)C(N)CC(N)=O)C(=O)O. The van der Waals surface area contributed by atoms with E-state index in [1.165, 1.54) is 12.5 Å². The Kier molecular flexibility index (Phi) is 10.2. The molecule has 1 aromatic heterocycles. The average Bonchev–Trinajstić information content (AvgIpc) is 3.21. The molecule has 0 radical (unpaired) electrons. The summed E-state index contributed by atoms with van der Waals surface area (Å²) in [7, 11) is 0. The summed E-state index contributed by atoms with van der Waals surface area (Å²) in [6.07, 6.45) is 2.23. The summed E-state index contributed by atoms with van der Waals surface area (Å²) in [5, 5.41) is 25.7. The molecule has 0 bridgehead atoms. The Hall–Kier alpha value is -3.52. The largest absolute Gasteiger partial charge is 0.480 e. The number of aliphatic hydroxyl groups is 1. The molecule has 4 atom stereocenters. The van der Waals surface area contributed by atoms with E-state index < -0.39 is 72.7 Å². The second-order valence-electron chi connectivity index (χ2n) is 7.43. The van der Waals surface area contributed by atoms with Crippen molar-refractivity contribution in [2.75, 3.05) is 6.61 Å². The van der Waals surface area contributed by atoms with Gasteiger partial charge in [0.25, 0.3) is 0 Å². The van der Waals surface area contributed by atoms with Crippen LogP contribution in [0.2, 0.25) is 0 Å². The molecule has 0 fully saturated rings. The summed E-state index contributed by atoms with van der Waals surface area (Å²) < 4.78 is 0. The summed E-state index contributed by atoms with van der Waals surface area (Å²) in [6, 6.07) is -5.28. The molecule has 0 aliphatic heterocycles. The van der Waals surface area contributed by atoms with E-state index in [1.54, 1.807) is 13.8 Å². The molecule has 0 spiro atoms. The molecular formula is C18H29N7O7. The van der Waals surface area contributed by atoms with Crippen molar-refractivity contribution < 1.29 is 34.2 Å². The lowest BCUT2D eigenvalue weighted by atomic mass is 10.0. The number of hydrogen-bond acceptors (Lipinski definition) is 8. The predicted molar refractivity (Wildman–Crippen MR) is 109 cm³/mol. The van der Waals surface area contributed by atoms with Crippen molar-refractivity contribution in [3.8, 4) is 0 Å². The van der Waals surface area contributed by atoms with Crippen LogP contribution in [0.3, 0.4) is 0 Å². The van der Waals surface area contributed by atoms with Gasteiger partial charge in [-0.2, -0.15) is 0 Å². The molecule has 1 aromatic rings. The first-order valence-corrected chi connectivity index (χ1v) is 9.72. The number of aliphatic hydroxyl groups excluding tert-OH is 1. The third kappa shape index (κ3) is 8.31. The molecule has 0 saturated heterocycles. The van der Waals surface area contributed by atoms with Crippen molar-refractivity contribution in [2.24, 2.45) is 17.4 Å². The molecule has 1 rings (SSSR count). The molecule has 4 amide bonds. The number of aromatic nitrogens is 2. The van der Waals surface area contributed by atoms with Crippen molar-refractivity contribution in [3.63, 3.8) is 0 Å². The van der Waals surface area contributed by atoms with E-state index in [-0.39, 0.29) is 6.42 Å². The molecule has 178 valence electrons. The van der Waals surface area contributed by atoms with Gasteiger partial charge in [0.2, 0.25) is 23.6 Å². The van der Waals surface area contributed by atoms with Gasteiger partial charge in [-0.15, -0.1) is 0 Å². The van der Waals surface area contributed by atoms with Gasteiger partial charge in [-0.3, -0.25) is 19.2 Å². The molecule has 0 saturated carbocycles. The van der Waals surface area contributed by atoms with Gasteiger partial charge < -0.3 is 42.6 Å². The van der Waals surface area contributed by atoms with Crippen molar-refractivity contribution in [1.82, 2.24) is 25.9 Å². The highest BCUT2D eigenvalue weighted by Crippen LogP contribution is 2.05. The number of nitrogens with zero attached hydrogens (tertiary/aromatic N) is 1. The highest BCUT2D eigenvalue weighted by molar-refractivity contribution is 5.95. The Morgan fingerprint density at radius 3 is 2.12 bits per heavy atom. The van der Waals surface area contributed by atoms with Gasteiger partial charge in [-0.1, -0.05) is 13.8 Å². The number of hydrogen-bond donors (Lipinski definition) is 8. The number of amides is 4. The van der Waals surface area contributed by atoms with E-state index in [1.807, 2.05) is 0 Å². The number of nitrogens with one attached hydrogen (secondary N) is 4. The standard InChI is InChI=1S/C18H29N7O7/c1-8(2)14(18(31)32)25-16(29)11(3-9-5-21-7-22-9)23-17(30)12(6-26)24-15(28)10(19)4-13(20)27/h5,7-8,10-12,14,26H,3-4,6,19H2,1-2H3,(H2,20,27)(H,21,22)(H,23,30)(H,24,28)(H,25,29)(H,31,32). The van der Waals surface area contributed by atoms with Crippen LogP contribution in [0.15, 0.2) is 12.5 Å². The predicted octanol–water partition coefficient (Wildman–Crippen LogP) is -3.66. The van der Waals surface area contributed by atoms with Crippen LogP contribution in [0.25, 0.3) is 0 Å². The third-order valence-corrected chi connectivity index (χ3v) is 4.42. The van der Waals surface area contributed by atoms with Crippen molar-refractivity contribution in [2.45, 2.75) is 50.9 Å². The van der Waals surface area contributed by atoms with Gasteiger partial charge >= 0.3 is 5.97 Å². The lowest BCUT2D eigenvalue weighted by molar-refractivity contribution is -0.143. The van der Waals surface area contributed by atoms with E-state index in [4.69, 9.17) is 11.5 Å². The summed E-state index contributed by atoms with van der Waals surface area (Å²) in [5.74, 6) is -5.13. The lowest BCUT2D eigenvalue weighted by Gasteiger charge is -2.25. The molecule has 32 heavy (non-hydrogen) atoms. The smallest absolute Gasteiger partial charge is 0.326 e. The Morgan fingerprint density at radius 1 is 1.06 bits per heavy atom. The monoisotopic (exact) mass is 455 g/mol. The zero-order chi connectivity index (χ0) is 24.4. The van der Waals surface area contributed by atoms with Crippen LogP contribution in [0, 0.1) is 5.92 Å². The molecule has 14 nitrogen and oxygen atoms in total. The number of rotatable bonds is 13. The van der Waals surface area contributed by atoms with Crippen molar-refractivity contribution in [1.29, 1.82) is 0 Å². The van der Waals surface area contributed by atoms with E-state index >= 15 is 0 Å². The fourth-order valence-corrected chi connectivity index (χ4v) is 2.65. The van der Waals surface area contributed by atoms with Gasteiger partial charge in [-0.25, -0.2) is 9.78 Å². The topological polar surface area (TPSA) is 243 Å². The summed E-state index contributed by atoms with van der Waals surface area (Å²) >= 11 is 0. The number of carboxylic acid groups (broad SMARTS) is 1. The number of aliphatic carboxylic acids is 1. The Morgan fingerprint density at radius 2 is 1.66 bits per heavy atom. The number of carbonyl (C=O) groups is 5. The van der Waals surface area contributed by atoms with E-state index in [9.17, 15) is 34.2 Å². The van der Waals surface area contributed by atoms with Crippen LogP contribution in [-0.4, -0.2) is 80.6 Å². The maximum atomic E-state index is 12.7. The molecule has 14 heteroatoms. The number of H-pyrrole nitrogens is 1. The Bertz CT molecular complexity index is 813. The fraction of sp³-hybridized carbons (Fsp3) is 0.556. The Labute approximate surface area is 183 Å². The average molecular weight is 455 g/mol. The molecule has 0 aromatic carbocycles. The molecule has 10 N–H and O–H groups in total. The second-order valence-corrected chi connectivity index (χ2v) is 7.43. The molecule has 1 heterocycles. The normalized spacial score (nSPS) is 14.7. The van der Waals surface area contributed by atoms with Crippen LogP contribution in [0.1, 0.15) is 26.0 Å². The van der Waals surface area contributed by atoms with Gasteiger partial charge in [0, 0.05) is 18.3 Å². The highest BCUT2D eigenvalue weighted by atomic mass is 16.4. The summed E-state index contributed by atoms with van der Waals surface area (Å²) in [5.41, 5.74) is 11.0. The van der Waals surface area contributed by atoms with E-state index in [2.05, 4.69) is 25.9 Å². The molecule has 0 aliphatic rings. The molecular weight excluding hydrogens is 426 g/mol. The molecule has 4 unspecified atom stereocenters. The number of carboxylic acids is 1. The van der Waals surface area contributed by atoms with Gasteiger partial charge in [0.15, 0.2) is 0 Å². The minimum Gasteiger partial charge on any atom is -0.480 e. The number of primary amides is 1. The Balaban J connectivity index is 2.95. The second kappa shape index (κ2) is 12.4. The maximum Gasteiger partial charge on any atom is 0.326 e. The van der Waals surface area contributed by atoms with Crippen LogP contribution < -0.4 is 27.4 Å².